The minimum atomic E-state index is -0.476. The third kappa shape index (κ3) is 4.71. The van der Waals surface area contributed by atoms with Crippen molar-refractivity contribution >= 4 is 23.3 Å². The van der Waals surface area contributed by atoms with E-state index in [0.717, 1.165) is 0 Å². The van der Waals surface area contributed by atoms with Crippen LogP contribution in [0, 0.1) is 17.0 Å². The molecule has 1 aliphatic rings. The van der Waals surface area contributed by atoms with Crippen LogP contribution in [0.1, 0.15) is 32.9 Å². The fraction of sp³-hybridized carbons (Fsp3) is 0.625. The Balaban J connectivity index is 2.15. The Bertz CT molecular complexity index is 671. The average Bonchev–Trinajstić information content (AvgIpc) is 2.91. The lowest BCUT2D eigenvalue weighted by atomic mass is 10.1. The van der Waals surface area contributed by atoms with Crippen LogP contribution >= 0.6 is 0 Å². The molecule has 2 heterocycles. The van der Waals surface area contributed by atoms with Gasteiger partial charge in [0.05, 0.1) is 11.5 Å². The van der Waals surface area contributed by atoms with Gasteiger partial charge in [0, 0.05) is 31.2 Å². The molecule has 0 saturated carbocycles. The molecule has 1 atom stereocenters. The van der Waals surface area contributed by atoms with Gasteiger partial charge in [0.1, 0.15) is 11.8 Å². The van der Waals surface area contributed by atoms with Crippen LogP contribution in [0.5, 0.6) is 0 Å². The number of anilines is 2. The van der Waals surface area contributed by atoms with Gasteiger partial charge in [0.25, 0.3) is 0 Å². The van der Waals surface area contributed by atoms with E-state index in [2.05, 4.69) is 15.6 Å². The molecular formula is C16H25N5O4. The van der Waals surface area contributed by atoms with Gasteiger partial charge in [-0.1, -0.05) is 0 Å². The van der Waals surface area contributed by atoms with Crippen molar-refractivity contribution in [1.82, 2.24) is 10.3 Å². The number of carbonyl (C=O) groups excluding carboxylic acids is 1. The summed E-state index contributed by atoms with van der Waals surface area (Å²) < 4.78 is 5.43. The Morgan fingerprint density at radius 2 is 2.16 bits per heavy atom. The average molecular weight is 351 g/mol. The number of aryl methyl sites for hydroxylation is 1. The van der Waals surface area contributed by atoms with E-state index in [9.17, 15) is 14.9 Å². The van der Waals surface area contributed by atoms with Crippen LogP contribution in [-0.4, -0.2) is 47.8 Å². The molecular weight excluding hydrogens is 326 g/mol. The highest BCUT2D eigenvalue weighted by molar-refractivity contribution is 5.75. The second-order valence-corrected chi connectivity index (χ2v) is 7.12. The number of alkyl carbamates (subject to hydrolysis) is 1. The molecule has 1 unspecified atom stereocenters. The smallest absolute Gasteiger partial charge is 0.407 e. The van der Waals surface area contributed by atoms with E-state index in [1.54, 1.807) is 20.0 Å². The van der Waals surface area contributed by atoms with E-state index >= 15 is 0 Å². The van der Waals surface area contributed by atoms with Crippen molar-refractivity contribution in [3.8, 4) is 0 Å². The summed E-state index contributed by atoms with van der Waals surface area (Å²) >= 11 is 0. The molecule has 1 amide bonds. The summed E-state index contributed by atoms with van der Waals surface area (Å²) in [6.45, 7) is 8.38. The highest BCUT2D eigenvalue weighted by Gasteiger charge is 2.32. The predicted octanol–water partition coefficient (Wildman–Crippen LogP) is 2.44. The maximum absolute atomic E-state index is 11.9. The van der Waals surface area contributed by atoms with Crippen molar-refractivity contribution in [3.63, 3.8) is 0 Å². The summed E-state index contributed by atoms with van der Waals surface area (Å²) in [6, 6.07) is 1.69. The first-order valence-corrected chi connectivity index (χ1v) is 8.18. The first-order chi connectivity index (χ1) is 11.6. The first kappa shape index (κ1) is 18.8. The number of aromatic nitrogens is 1. The Hall–Kier alpha value is -2.58. The van der Waals surface area contributed by atoms with Crippen LogP contribution in [0.4, 0.5) is 22.0 Å². The van der Waals surface area contributed by atoms with Gasteiger partial charge < -0.3 is 20.3 Å². The Labute approximate surface area is 146 Å². The van der Waals surface area contributed by atoms with Gasteiger partial charge in [-0.05, 0) is 33.8 Å². The summed E-state index contributed by atoms with van der Waals surface area (Å²) in [5, 5.41) is 17.0. The molecule has 138 valence electrons. The first-order valence-electron chi connectivity index (χ1n) is 8.18. The van der Waals surface area contributed by atoms with Gasteiger partial charge in [-0.2, -0.15) is 0 Å². The van der Waals surface area contributed by atoms with Crippen LogP contribution in [0.25, 0.3) is 0 Å². The number of amides is 1. The quantitative estimate of drug-likeness (QED) is 0.633. The van der Waals surface area contributed by atoms with Crippen molar-refractivity contribution in [2.24, 2.45) is 0 Å². The second kappa shape index (κ2) is 7.12. The fourth-order valence-electron chi connectivity index (χ4n) is 2.77. The van der Waals surface area contributed by atoms with Crippen molar-refractivity contribution < 1.29 is 14.5 Å². The van der Waals surface area contributed by atoms with Gasteiger partial charge in [-0.3, -0.25) is 10.1 Å². The van der Waals surface area contributed by atoms with Crippen LogP contribution in [0.15, 0.2) is 6.07 Å². The maximum Gasteiger partial charge on any atom is 0.407 e. The lowest BCUT2D eigenvalue weighted by Gasteiger charge is -2.22. The molecule has 0 bridgehead atoms. The minimum absolute atomic E-state index is 0.0621. The lowest BCUT2D eigenvalue weighted by Crippen LogP contribution is -2.42. The number of ether oxygens (including phenoxy) is 1. The fourth-order valence-corrected chi connectivity index (χ4v) is 2.77. The van der Waals surface area contributed by atoms with Crippen molar-refractivity contribution in [1.29, 1.82) is 0 Å². The van der Waals surface area contributed by atoms with E-state index in [1.165, 1.54) is 0 Å². The topological polar surface area (TPSA) is 110 Å². The number of rotatable bonds is 4. The van der Waals surface area contributed by atoms with Crippen LogP contribution < -0.4 is 15.5 Å². The van der Waals surface area contributed by atoms with E-state index < -0.39 is 11.0 Å². The van der Waals surface area contributed by atoms with E-state index in [0.29, 0.717) is 30.9 Å². The van der Waals surface area contributed by atoms with Gasteiger partial charge in [-0.25, -0.2) is 9.78 Å². The van der Waals surface area contributed by atoms with Crippen LogP contribution in [0.3, 0.4) is 0 Å². The van der Waals surface area contributed by atoms with Crippen molar-refractivity contribution in [2.75, 3.05) is 30.4 Å². The molecule has 1 fully saturated rings. The summed E-state index contributed by atoms with van der Waals surface area (Å²) in [4.78, 5) is 29.0. The number of nitrogens with zero attached hydrogens (tertiary/aromatic N) is 3. The zero-order chi connectivity index (χ0) is 18.8. The molecule has 0 aliphatic carbocycles. The van der Waals surface area contributed by atoms with Crippen LogP contribution in [0.2, 0.25) is 0 Å². The third-order valence-corrected chi connectivity index (χ3v) is 3.76. The number of hydrogen-bond acceptors (Lipinski definition) is 7. The number of nitrogens with one attached hydrogen (secondary N) is 2. The number of carbonyl (C=O) groups is 1. The number of pyridine rings is 1. The Kier molecular flexibility index (Phi) is 5.34. The summed E-state index contributed by atoms with van der Waals surface area (Å²) in [5.74, 6) is 0.231. The molecule has 1 aromatic rings. The highest BCUT2D eigenvalue weighted by atomic mass is 16.6. The molecule has 2 N–H and O–H groups in total. The van der Waals surface area contributed by atoms with Gasteiger partial charge in [0.2, 0.25) is 5.82 Å². The Morgan fingerprint density at radius 1 is 1.48 bits per heavy atom. The minimum Gasteiger partial charge on any atom is -0.444 e. The zero-order valence-corrected chi connectivity index (χ0v) is 15.3. The normalized spacial score (nSPS) is 17.3. The second-order valence-electron chi connectivity index (χ2n) is 7.12. The molecule has 1 aromatic heterocycles. The SMILES string of the molecule is CNc1nc(C)cc(N2CCC(OC(=O)NC(C)(C)C)C2)c1[N+](=O)[O-]. The third-order valence-electron chi connectivity index (χ3n) is 3.76. The zero-order valence-electron chi connectivity index (χ0n) is 15.3. The molecule has 25 heavy (non-hydrogen) atoms. The number of nitro groups is 1. The monoisotopic (exact) mass is 351 g/mol. The van der Waals surface area contributed by atoms with E-state index in [1.807, 2.05) is 25.7 Å². The molecule has 9 nitrogen and oxygen atoms in total. The summed E-state index contributed by atoms with van der Waals surface area (Å²) in [6.07, 6.45) is -0.172. The van der Waals surface area contributed by atoms with Crippen molar-refractivity contribution in [2.45, 2.75) is 45.8 Å². The molecule has 9 heteroatoms. The largest absolute Gasteiger partial charge is 0.444 e. The molecule has 1 aliphatic heterocycles. The Morgan fingerprint density at radius 3 is 2.72 bits per heavy atom. The van der Waals surface area contributed by atoms with E-state index in [4.69, 9.17) is 4.74 Å². The van der Waals surface area contributed by atoms with Crippen LogP contribution in [-0.2, 0) is 4.74 Å². The maximum atomic E-state index is 11.9. The van der Waals surface area contributed by atoms with Gasteiger partial charge >= 0.3 is 11.8 Å². The molecule has 0 radical (unpaired) electrons. The predicted molar refractivity (Wildman–Crippen MR) is 95.2 cm³/mol. The molecule has 0 aromatic carbocycles. The van der Waals surface area contributed by atoms with E-state index in [-0.39, 0.29) is 23.1 Å². The van der Waals surface area contributed by atoms with Gasteiger partial charge in [0.15, 0.2) is 0 Å². The molecule has 2 rings (SSSR count). The lowest BCUT2D eigenvalue weighted by molar-refractivity contribution is -0.383. The van der Waals surface area contributed by atoms with Crippen molar-refractivity contribution in [3.05, 3.63) is 21.9 Å². The number of hydrogen-bond donors (Lipinski definition) is 2. The summed E-state index contributed by atoms with van der Waals surface area (Å²) in [7, 11) is 1.60. The standard InChI is InChI=1S/C16H25N5O4/c1-10-8-12(13(21(23)24)14(17-5)18-10)20-7-6-11(9-20)25-15(22)19-16(2,3)4/h8,11H,6-7,9H2,1-5H3,(H,17,18)(H,19,22). The molecule has 1 saturated heterocycles. The van der Waals surface area contributed by atoms with Gasteiger partial charge in [-0.15, -0.1) is 0 Å². The summed E-state index contributed by atoms with van der Waals surface area (Å²) in [5.41, 5.74) is 0.731. The highest BCUT2D eigenvalue weighted by Crippen LogP contribution is 2.36. The molecule has 0 spiro atoms.